The number of carbonyl (C=O) groups excluding carboxylic acids is 1. The predicted octanol–water partition coefficient (Wildman–Crippen LogP) is 3.84. The standard InChI is InChI=1S/C21H22BrFN4O4S/c1-26(14-19-24-21(25-31-19)15-7-5-8-16(22)13-15)20(28)11-6-12-27(32(2,29)30)18-10-4-3-9-17(18)23/h3-5,7-10,13H,6,11-12,14H2,1-2H3. The van der Waals surface area contributed by atoms with Gasteiger partial charge in [-0.25, -0.2) is 12.8 Å². The van der Waals surface area contributed by atoms with Gasteiger partial charge >= 0.3 is 0 Å². The summed E-state index contributed by atoms with van der Waals surface area (Å²) < 4.78 is 45.4. The third-order valence-electron chi connectivity index (χ3n) is 4.62. The van der Waals surface area contributed by atoms with E-state index in [1.54, 1.807) is 13.1 Å². The number of sulfonamides is 1. The van der Waals surface area contributed by atoms with E-state index in [1.807, 2.05) is 24.3 Å². The number of rotatable bonds is 9. The topological polar surface area (TPSA) is 96.6 Å². The zero-order valence-corrected chi connectivity index (χ0v) is 19.9. The molecule has 2 aromatic carbocycles. The highest BCUT2D eigenvalue weighted by molar-refractivity contribution is 9.10. The first kappa shape index (κ1) is 23.9. The van der Waals surface area contributed by atoms with E-state index in [1.165, 1.54) is 23.1 Å². The normalized spacial score (nSPS) is 11.4. The van der Waals surface area contributed by atoms with E-state index in [4.69, 9.17) is 4.52 Å². The Morgan fingerprint density at radius 1 is 1.19 bits per heavy atom. The van der Waals surface area contributed by atoms with Crippen molar-refractivity contribution in [1.82, 2.24) is 15.0 Å². The van der Waals surface area contributed by atoms with Crippen LogP contribution in [-0.4, -0.2) is 49.2 Å². The van der Waals surface area contributed by atoms with E-state index < -0.39 is 15.8 Å². The van der Waals surface area contributed by atoms with Crippen LogP contribution in [0.5, 0.6) is 0 Å². The first-order valence-corrected chi connectivity index (χ1v) is 12.3. The number of aromatic nitrogens is 2. The number of halogens is 2. The highest BCUT2D eigenvalue weighted by Gasteiger charge is 2.21. The smallest absolute Gasteiger partial charge is 0.246 e. The Bertz CT molecular complexity index is 1200. The minimum atomic E-state index is -3.70. The fourth-order valence-corrected chi connectivity index (χ4v) is 4.40. The van der Waals surface area contributed by atoms with E-state index in [9.17, 15) is 17.6 Å². The molecule has 1 aromatic heterocycles. The Labute approximate surface area is 194 Å². The monoisotopic (exact) mass is 524 g/mol. The molecular weight excluding hydrogens is 503 g/mol. The lowest BCUT2D eigenvalue weighted by Crippen LogP contribution is -2.33. The van der Waals surface area contributed by atoms with Crippen LogP contribution in [0.3, 0.4) is 0 Å². The average molecular weight is 525 g/mol. The van der Waals surface area contributed by atoms with Crippen molar-refractivity contribution in [3.8, 4) is 11.4 Å². The Balaban J connectivity index is 1.57. The number of para-hydroxylation sites is 1. The van der Waals surface area contributed by atoms with Gasteiger partial charge in [-0.15, -0.1) is 0 Å². The fraction of sp³-hybridized carbons (Fsp3) is 0.286. The van der Waals surface area contributed by atoms with E-state index in [-0.39, 0.29) is 43.4 Å². The molecular formula is C21H22BrFN4O4S. The minimum Gasteiger partial charge on any atom is -0.337 e. The molecule has 0 saturated heterocycles. The zero-order valence-electron chi connectivity index (χ0n) is 17.5. The van der Waals surface area contributed by atoms with Crippen molar-refractivity contribution < 1.29 is 22.1 Å². The van der Waals surface area contributed by atoms with Gasteiger partial charge in [-0.3, -0.25) is 9.10 Å². The highest BCUT2D eigenvalue weighted by Crippen LogP contribution is 2.23. The van der Waals surface area contributed by atoms with Crippen LogP contribution in [0.1, 0.15) is 18.7 Å². The molecule has 0 aliphatic heterocycles. The van der Waals surface area contributed by atoms with Crippen molar-refractivity contribution in [2.45, 2.75) is 19.4 Å². The van der Waals surface area contributed by atoms with E-state index in [0.717, 1.165) is 20.6 Å². The van der Waals surface area contributed by atoms with Crippen molar-refractivity contribution in [3.63, 3.8) is 0 Å². The quantitative estimate of drug-likeness (QED) is 0.421. The Morgan fingerprint density at radius 2 is 1.94 bits per heavy atom. The molecule has 8 nitrogen and oxygen atoms in total. The molecule has 3 rings (SSSR count). The SMILES string of the molecule is CN(Cc1nc(-c2cccc(Br)c2)no1)C(=O)CCCN(c1ccccc1F)S(C)(=O)=O. The van der Waals surface area contributed by atoms with E-state index in [0.29, 0.717) is 5.82 Å². The van der Waals surface area contributed by atoms with Gasteiger partial charge < -0.3 is 9.42 Å². The van der Waals surface area contributed by atoms with Crippen molar-refractivity contribution in [1.29, 1.82) is 0 Å². The molecule has 0 aliphatic rings. The molecule has 0 radical (unpaired) electrons. The van der Waals surface area contributed by atoms with E-state index >= 15 is 0 Å². The van der Waals surface area contributed by atoms with Gasteiger partial charge in [0.05, 0.1) is 18.5 Å². The fourth-order valence-electron chi connectivity index (χ4n) is 3.04. The molecule has 0 saturated carbocycles. The lowest BCUT2D eigenvalue weighted by atomic mass is 10.2. The molecule has 3 aromatic rings. The van der Waals surface area contributed by atoms with Gasteiger partial charge in [0.15, 0.2) is 0 Å². The van der Waals surface area contributed by atoms with Crippen LogP contribution in [0, 0.1) is 5.82 Å². The molecule has 11 heteroatoms. The summed E-state index contributed by atoms with van der Waals surface area (Å²) in [5, 5.41) is 3.94. The molecule has 170 valence electrons. The van der Waals surface area contributed by atoms with Gasteiger partial charge in [0, 0.05) is 30.0 Å². The summed E-state index contributed by atoms with van der Waals surface area (Å²) in [4.78, 5) is 18.2. The van der Waals surface area contributed by atoms with Crippen LogP contribution in [0.15, 0.2) is 57.5 Å². The molecule has 1 amide bonds. The summed E-state index contributed by atoms with van der Waals surface area (Å²) in [6, 6.07) is 13.1. The van der Waals surface area contributed by atoms with Crippen molar-refractivity contribution in [3.05, 3.63) is 64.7 Å². The average Bonchev–Trinajstić information content (AvgIpc) is 3.19. The van der Waals surface area contributed by atoms with Crippen LogP contribution >= 0.6 is 15.9 Å². The van der Waals surface area contributed by atoms with Gasteiger partial charge in [-0.1, -0.05) is 45.4 Å². The third kappa shape index (κ3) is 6.13. The Kier molecular flexibility index (Phi) is 7.62. The molecule has 0 aliphatic carbocycles. The molecule has 1 heterocycles. The zero-order chi connectivity index (χ0) is 23.3. The molecule has 0 atom stereocenters. The number of anilines is 1. The summed E-state index contributed by atoms with van der Waals surface area (Å²) in [6.07, 6.45) is 1.30. The number of hydrogen-bond acceptors (Lipinski definition) is 6. The van der Waals surface area contributed by atoms with Crippen LogP contribution in [0.25, 0.3) is 11.4 Å². The molecule has 32 heavy (non-hydrogen) atoms. The first-order valence-electron chi connectivity index (χ1n) is 9.70. The van der Waals surface area contributed by atoms with Gasteiger partial charge in [0.1, 0.15) is 5.82 Å². The van der Waals surface area contributed by atoms with Crippen molar-refractivity contribution >= 4 is 37.5 Å². The first-order chi connectivity index (χ1) is 15.1. The second-order valence-electron chi connectivity index (χ2n) is 7.16. The number of nitrogens with zero attached hydrogens (tertiary/aromatic N) is 4. The molecule has 0 bridgehead atoms. The maximum absolute atomic E-state index is 14.1. The predicted molar refractivity (Wildman–Crippen MR) is 122 cm³/mol. The molecule has 0 N–H and O–H groups in total. The van der Waals surface area contributed by atoms with E-state index in [2.05, 4.69) is 26.1 Å². The maximum Gasteiger partial charge on any atom is 0.246 e. The van der Waals surface area contributed by atoms with Crippen molar-refractivity contribution in [2.75, 3.05) is 24.2 Å². The number of amides is 1. The summed E-state index contributed by atoms with van der Waals surface area (Å²) in [7, 11) is -2.11. The largest absolute Gasteiger partial charge is 0.337 e. The second kappa shape index (κ2) is 10.2. The molecule has 0 fully saturated rings. The van der Waals surface area contributed by atoms with Gasteiger partial charge in [0.25, 0.3) is 0 Å². The van der Waals surface area contributed by atoms with Crippen LogP contribution in [0.4, 0.5) is 10.1 Å². The lowest BCUT2D eigenvalue weighted by Gasteiger charge is -2.23. The lowest BCUT2D eigenvalue weighted by molar-refractivity contribution is -0.130. The summed E-state index contributed by atoms with van der Waals surface area (Å²) in [6.45, 7) is 0.0931. The third-order valence-corrected chi connectivity index (χ3v) is 6.30. The summed E-state index contributed by atoms with van der Waals surface area (Å²) in [5.41, 5.74) is 0.735. The Morgan fingerprint density at radius 3 is 2.62 bits per heavy atom. The van der Waals surface area contributed by atoms with Crippen molar-refractivity contribution in [2.24, 2.45) is 0 Å². The van der Waals surface area contributed by atoms with Crippen LogP contribution in [-0.2, 0) is 21.4 Å². The van der Waals surface area contributed by atoms with Gasteiger partial charge in [-0.05, 0) is 30.7 Å². The van der Waals surface area contributed by atoms with Crippen LogP contribution < -0.4 is 4.31 Å². The minimum absolute atomic E-state index is 0.0209. The number of carbonyl (C=O) groups is 1. The van der Waals surface area contributed by atoms with Crippen LogP contribution in [0.2, 0.25) is 0 Å². The summed E-state index contributed by atoms with van der Waals surface area (Å²) >= 11 is 3.39. The Hall–Kier alpha value is -2.79. The molecule has 0 unspecified atom stereocenters. The van der Waals surface area contributed by atoms with Gasteiger partial charge in [0.2, 0.25) is 27.6 Å². The number of hydrogen-bond donors (Lipinski definition) is 0. The number of benzene rings is 2. The second-order valence-corrected chi connectivity index (χ2v) is 9.98. The highest BCUT2D eigenvalue weighted by atomic mass is 79.9. The van der Waals surface area contributed by atoms with Gasteiger partial charge in [-0.2, -0.15) is 4.98 Å². The maximum atomic E-state index is 14.1. The summed E-state index contributed by atoms with van der Waals surface area (Å²) in [5.74, 6) is -0.177. The molecule has 0 spiro atoms.